The topological polar surface area (TPSA) is 84.6 Å². The Morgan fingerprint density at radius 3 is 2.76 bits per heavy atom. The molecule has 5 nitrogen and oxygen atoms in total. The van der Waals surface area contributed by atoms with Gasteiger partial charge in [0.1, 0.15) is 11.3 Å². The van der Waals surface area contributed by atoms with Crippen LogP contribution < -0.4 is 11.1 Å². The average Bonchev–Trinajstić information content (AvgIpc) is 2.42. The maximum atomic E-state index is 12.5. The summed E-state index contributed by atoms with van der Waals surface area (Å²) in [6.07, 6.45) is 0.455. The lowest BCUT2D eigenvalue weighted by Crippen LogP contribution is -2.74. The molecule has 5 heteroatoms. The van der Waals surface area contributed by atoms with Crippen LogP contribution in [0.25, 0.3) is 0 Å². The van der Waals surface area contributed by atoms with Crippen molar-refractivity contribution >= 4 is 11.6 Å². The highest BCUT2D eigenvalue weighted by atomic mass is 16.5. The van der Waals surface area contributed by atoms with Gasteiger partial charge in [-0.05, 0) is 31.5 Å². The van der Waals surface area contributed by atoms with Crippen molar-refractivity contribution in [3.63, 3.8) is 0 Å². The second-order valence-electron chi connectivity index (χ2n) is 6.32. The molecule has 2 rings (SSSR count). The summed E-state index contributed by atoms with van der Waals surface area (Å²) in [6, 6.07) is 5.06. The second-order valence-corrected chi connectivity index (χ2v) is 6.32. The zero-order chi connectivity index (χ0) is 15.8. The molecule has 4 N–H and O–H groups in total. The third-order valence-corrected chi connectivity index (χ3v) is 4.64. The molecular weight excluding hydrogens is 268 g/mol. The molecule has 2 atom stereocenters. The predicted octanol–water partition coefficient (Wildman–Crippen LogP) is 2.17. The lowest BCUT2D eigenvalue weighted by atomic mass is 9.54. The van der Waals surface area contributed by atoms with E-state index in [4.69, 9.17) is 10.5 Å². The monoisotopic (exact) mass is 292 g/mol. The number of ether oxygens (including phenoxy) is 1. The molecule has 0 saturated heterocycles. The van der Waals surface area contributed by atoms with Crippen LogP contribution in [0.1, 0.15) is 32.8 Å². The Kier molecular flexibility index (Phi) is 4.00. The van der Waals surface area contributed by atoms with E-state index in [0.29, 0.717) is 18.7 Å². The van der Waals surface area contributed by atoms with E-state index in [1.54, 1.807) is 18.2 Å². The number of carbonyl (C=O) groups is 1. The first-order valence-corrected chi connectivity index (χ1v) is 7.24. The maximum Gasteiger partial charge on any atom is 0.245 e. The molecule has 1 aliphatic carbocycles. The van der Waals surface area contributed by atoms with Crippen molar-refractivity contribution in [1.29, 1.82) is 0 Å². The minimum atomic E-state index is -0.997. The van der Waals surface area contributed by atoms with Crippen molar-refractivity contribution in [3.8, 4) is 5.75 Å². The van der Waals surface area contributed by atoms with Gasteiger partial charge in [-0.1, -0.05) is 19.9 Å². The number of aromatic hydroxyl groups is 1. The van der Waals surface area contributed by atoms with Gasteiger partial charge in [-0.15, -0.1) is 0 Å². The van der Waals surface area contributed by atoms with E-state index in [2.05, 4.69) is 5.32 Å². The van der Waals surface area contributed by atoms with Crippen molar-refractivity contribution in [2.45, 2.75) is 45.8 Å². The van der Waals surface area contributed by atoms with Crippen LogP contribution in [0.15, 0.2) is 18.2 Å². The normalized spacial score (nSPS) is 27.0. The first kappa shape index (κ1) is 15.8. The summed E-state index contributed by atoms with van der Waals surface area (Å²) in [7, 11) is 0. The molecular formula is C16H24N2O3. The second kappa shape index (κ2) is 5.31. The highest BCUT2D eigenvalue weighted by Crippen LogP contribution is 2.50. The van der Waals surface area contributed by atoms with Crippen molar-refractivity contribution in [1.82, 2.24) is 0 Å². The highest BCUT2D eigenvalue weighted by molar-refractivity contribution is 6.00. The fraction of sp³-hybridized carbons (Fsp3) is 0.562. The van der Waals surface area contributed by atoms with E-state index in [9.17, 15) is 9.90 Å². The molecule has 21 heavy (non-hydrogen) atoms. The van der Waals surface area contributed by atoms with E-state index in [1.807, 2.05) is 27.7 Å². The molecule has 1 fully saturated rings. The minimum Gasteiger partial charge on any atom is -0.506 e. The predicted molar refractivity (Wildman–Crippen MR) is 82.2 cm³/mol. The molecule has 116 valence electrons. The first-order valence-electron chi connectivity index (χ1n) is 7.24. The summed E-state index contributed by atoms with van der Waals surface area (Å²) in [4.78, 5) is 12.5. The molecule has 1 aromatic rings. The van der Waals surface area contributed by atoms with Crippen molar-refractivity contribution in [2.75, 3.05) is 11.9 Å². The van der Waals surface area contributed by atoms with Crippen molar-refractivity contribution in [3.05, 3.63) is 23.8 Å². The molecule has 0 spiro atoms. The number of phenolic OH excluding ortho intramolecular Hbond substituents is 1. The zero-order valence-corrected chi connectivity index (χ0v) is 13.1. The van der Waals surface area contributed by atoms with Gasteiger partial charge in [-0.25, -0.2) is 0 Å². The largest absolute Gasteiger partial charge is 0.506 e. The third kappa shape index (κ3) is 2.51. The number of hydrogen-bond donors (Lipinski definition) is 3. The number of hydrogen-bond acceptors (Lipinski definition) is 4. The van der Waals surface area contributed by atoms with Gasteiger partial charge in [0.25, 0.3) is 0 Å². The summed E-state index contributed by atoms with van der Waals surface area (Å²) in [5, 5.41) is 12.6. The first-order chi connectivity index (χ1) is 9.72. The number of aryl methyl sites for hydroxylation is 1. The summed E-state index contributed by atoms with van der Waals surface area (Å²) in [5.41, 5.74) is 6.20. The van der Waals surface area contributed by atoms with E-state index in [1.165, 1.54) is 0 Å². The smallest absolute Gasteiger partial charge is 0.245 e. The Bertz CT molecular complexity index is 556. The van der Waals surface area contributed by atoms with Gasteiger partial charge in [-0.3, -0.25) is 4.79 Å². The van der Waals surface area contributed by atoms with Crippen LogP contribution >= 0.6 is 0 Å². The molecule has 0 aliphatic heterocycles. The number of rotatable bonds is 4. The maximum absolute atomic E-state index is 12.5. The summed E-state index contributed by atoms with van der Waals surface area (Å²) >= 11 is 0. The molecule has 0 radical (unpaired) electrons. The Balaban J connectivity index is 2.16. The fourth-order valence-corrected chi connectivity index (χ4v) is 2.80. The van der Waals surface area contributed by atoms with Gasteiger partial charge in [0.15, 0.2) is 0 Å². The molecule has 1 amide bonds. The summed E-state index contributed by atoms with van der Waals surface area (Å²) in [5.74, 6) is -0.250. The van der Waals surface area contributed by atoms with Crippen LogP contribution in [0.2, 0.25) is 0 Å². The molecule has 1 saturated carbocycles. The van der Waals surface area contributed by atoms with Gasteiger partial charge in [0, 0.05) is 18.4 Å². The molecule has 0 heterocycles. The van der Waals surface area contributed by atoms with E-state index in [0.717, 1.165) is 5.56 Å². The van der Waals surface area contributed by atoms with Gasteiger partial charge >= 0.3 is 0 Å². The number of nitrogens with one attached hydrogen (secondary N) is 1. The van der Waals surface area contributed by atoms with E-state index in [-0.39, 0.29) is 17.8 Å². The summed E-state index contributed by atoms with van der Waals surface area (Å²) in [6.45, 7) is 8.30. The fourth-order valence-electron chi connectivity index (χ4n) is 2.80. The lowest BCUT2D eigenvalue weighted by molar-refractivity contribution is -0.166. The number of nitrogens with two attached hydrogens (primary N) is 1. The van der Waals surface area contributed by atoms with Crippen LogP contribution in [0.3, 0.4) is 0 Å². The third-order valence-electron chi connectivity index (χ3n) is 4.64. The van der Waals surface area contributed by atoms with E-state index >= 15 is 0 Å². The number of phenols is 1. The minimum absolute atomic E-state index is 0.0237. The van der Waals surface area contributed by atoms with Crippen molar-refractivity contribution in [2.24, 2.45) is 11.1 Å². The Morgan fingerprint density at radius 1 is 1.52 bits per heavy atom. The number of amides is 1. The average molecular weight is 292 g/mol. The Morgan fingerprint density at radius 2 is 2.19 bits per heavy atom. The van der Waals surface area contributed by atoms with Gasteiger partial charge in [0.05, 0.1) is 11.8 Å². The van der Waals surface area contributed by atoms with Gasteiger partial charge in [-0.2, -0.15) is 0 Å². The molecule has 2 unspecified atom stereocenters. The van der Waals surface area contributed by atoms with Crippen LogP contribution in [0, 0.1) is 12.3 Å². The van der Waals surface area contributed by atoms with Crippen LogP contribution in [0.5, 0.6) is 5.75 Å². The lowest BCUT2D eigenvalue weighted by Gasteiger charge is -2.57. The SMILES string of the molecule is CCOC1CC(N)(C(=O)Nc2cc(C)ccc2O)C1(C)C. The summed E-state index contributed by atoms with van der Waals surface area (Å²) < 4.78 is 5.62. The quantitative estimate of drug-likeness (QED) is 0.743. The molecule has 0 aromatic heterocycles. The van der Waals surface area contributed by atoms with Crippen LogP contribution in [0.4, 0.5) is 5.69 Å². The number of carbonyl (C=O) groups excluding carboxylic acids is 1. The number of anilines is 1. The van der Waals surface area contributed by atoms with Gasteiger partial charge in [0.2, 0.25) is 5.91 Å². The highest BCUT2D eigenvalue weighted by Gasteiger charge is 2.62. The molecule has 1 aromatic carbocycles. The van der Waals surface area contributed by atoms with Crippen LogP contribution in [-0.4, -0.2) is 29.3 Å². The Hall–Kier alpha value is -1.59. The van der Waals surface area contributed by atoms with E-state index < -0.39 is 11.0 Å². The molecule has 0 bridgehead atoms. The standard InChI is InChI=1S/C16H24N2O3/c1-5-21-13-9-16(17,15(13,3)4)14(20)18-11-8-10(2)6-7-12(11)19/h6-8,13,19H,5,9,17H2,1-4H3,(H,18,20). The Labute approximate surface area is 125 Å². The van der Waals surface area contributed by atoms with Crippen molar-refractivity contribution < 1.29 is 14.6 Å². The zero-order valence-electron chi connectivity index (χ0n) is 13.1. The van der Waals surface area contributed by atoms with Crippen LogP contribution in [-0.2, 0) is 9.53 Å². The van der Waals surface area contributed by atoms with Gasteiger partial charge < -0.3 is 20.9 Å². The number of benzene rings is 1. The molecule has 1 aliphatic rings.